The number of hydrogen-bond donors (Lipinski definition) is 2. The van der Waals surface area contributed by atoms with Crippen LogP contribution in [0.5, 0.6) is 0 Å². The van der Waals surface area contributed by atoms with Gasteiger partial charge in [0.05, 0.1) is 21.2 Å². The van der Waals surface area contributed by atoms with E-state index in [2.05, 4.69) is 10.9 Å². The second-order valence-electron chi connectivity index (χ2n) is 6.05. The van der Waals surface area contributed by atoms with Crippen LogP contribution in [0.1, 0.15) is 29.6 Å². The van der Waals surface area contributed by atoms with Crippen molar-refractivity contribution in [3.63, 3.8) is 0 Å². The zero-order chi connectivity index (χ0) is 18.6. The number of sulfonamides is 1. The maximum absolute atomic E-state index is 12.8. The number of rotatable bonds is 5. The Kier molecular flexibility index (Phi) is 5.80. The summed E-state index contributed by atoms with van der Waals surface area (Å²) in [4.78, 5) is 12.5. The Hall–Kier alpha value is -2.09. The van der Waals surface area contributed by atoms with E-state index >= 15 is 0 Å². The normalized spacial score (nSPS) is 15.4. The van der Waals surface area contributed by atoms with Crippen molar-refractivity contribution < 1.29 is 13.2 Å². The predicted octanol–water partition coefficient (Wildman–Crippen LogP) is 3.27. The number of hydrazine groups is 1. The molecule has 0 spiro atoms. The number of carbonyl (C=O) groups excluding carboxylic acids is 1. The standard InChI is InChI=1S/C18H20ClN3O3S/c19-17-10-9-15(26(24,25)22-11-5-2-6-12-22)13-16(17)18(23)21-20-14-7-3-1-4-8-14/h1,3-4,7-10,13,20H,2,5-6,11-12H2,(H,21,23). The summed E-state index contributed by atoms with van der Waals surface area (Å²) in [5, 5.41) is 0.190. The van der Waals surface area contributed by atoms with Gasteiger partial charge in [0.1, 0.15) is 0 Å². The monoisotopic (exact) mass is 393 g/mol. The number of piperidine rings is 1. The molecule has 1 aliphatic heterocycles. The molecule has 1 saturated heterocycles. The number of nitrogens with one attached hydrogen (secondary N) is 2. The van der Waals surface area contributed by atoms with Gasteiger partial charge in [-0.3, -0.25) is 15.6 Å². The van der Waals surface area contributed by atoms with Crippen LogP contribution in [0.3, 0.4) is 0 Å². The summed E-state index contributed by atoms with van der Waals surface area (Å²) in [6.45, 7) is 1.00. The lowest BCUT2D eigenvalue weighted by Crippen LogP contribution is -2.36. The summed E-state index contributed by atoms with van der Waals surface area (Å²) in [7, 11) is -3.63. The van der Waals surface area contributed by atoms with Gasteiger partial charge in [0.2, 0.25) is 10.0 Å². The largest absolute Gasteiger partial charge is 0.298 e. The van der Waals surface area contributed by atoms with Crippen molar-refractivity contribution in [1.82, 2.24) is 9.73 Å². The quantitative estimate of drug-likeness (QED) is 0.764. The fraction of sp³-hybridized carbons (Fsp3) is 0.278. The van der Waals surface area contributed by atoms with Crippen molar-refractivity contribution in [3.05, 3.63) is 59.1 Å². The first kappa shape index (κ1) is 18.7. The van der Waals surface area contributed by atoms with Crippen LogP contribution in [0, 0.1) is 0 Å². The molecule has 0 unspecified atom stereocenters. The van der Waals surface area contributed by atoms with E-state index in [1.807, 2.05) is 18.2 Å². The molecule has 0 saturated carbocycles. The summed E-state index contributed by atoms with van der Waals surface area (Å²) < 4.78 is 27.0. The number of benzene rings is 2. The maximum atomic E-state index is 12.8. The average Bonchev–Trinajstić information content (AvgIpc) is 2.68. The lowest BCUT2D eigenvalue weighted by molar-refractivity contribution is 0.0962. The summed E-state index contributed by atoms with van der Waals surface area (Å²) in [6, 6.07) is 13.3. The number of anilines is 1. The molecule has 1 amide bonds. The number of nitrogens with zero attached hydrogens (tertiary/aromatic N) is 1. The van der Waals surface area contributed by atoms with Gasteiger partial charge in [-0.25, -0.2) is 8.42 Å². The van der Waals surface area contributed by atoms with E-state index < -0.39 is 15.9 Å². The SMILES string of the molecule is O=C(NNc1ccccc1)c1cc(S(=O)(=O)N2CCCCC2)ccc1Cl. The van der Waals surface area contributed by atoms with E-state index in [0.717, 1.165) is 19.3 Å². The molecule has 2 aromatic carbocycles. The number of carbonyl (C=O) groups is 1. The van der Waals surface area contributed by atoms with Gasteiger partial charge in [-0.1, -0.05) is 36.2 Å². The minimum atomic E-state index is -3.63. The van der Waals surface area contributed by atoms with E-state index in [-0.39, 0.29) is 15.5 Å². The van der Waals surface area contributed by atoms with Crippen LogP contribution in [0.25, 0.3) is 0 Å². The zero-order valence-corrected chi connectivity index (χ0v) is 15.7. The molecule has 0 radical (unpaired) electrons. The van der Waals surface area contributed by atoms with Gasteiger partial charge >= 0.3 is 0 Å². The maximum Gasteiger partial charge on any atom is 0.271 e. The van der Waals surface area contributed by atoms with Crippen LogP contribution in [0.4, 0.5) is 5.69 Å². The molecule has 0 aromatic heterocycles. The van der Waals surface area contributed by atoms with E-state index in [9.17, 15) is 13.2 Å². The Morgan fingerprint density at radius 3 is 2.38 bits per heavy atom. The topological polar surface area (TPSA) is 78.5 Å². The molecule has 1 fully saturated rings. The van der Waals surface area contributed by atoms with Crippen molar-refractivity contribution in [2.45, 2.75) is 24.2 Å². The fourth-order valence-corrected chi connectivity index (χ4v) is 4.56. The van der Waals surface area contributed by atoms with Crippen LogP contribution < -0.4 is 10.9 Å². The molecule has 8 heteroatoms. The van der Waals surface area contributed by atoms with Crippen LogP contribution in [0.15, 0.2) is 53.4 Å². The summed E-state index contributed by atoms with van der Waals surface area (Å²) >= 11 is 6.11. The number of amides is 1. The Bertz CT molecular complexity index is 882. The van der Waals surface area contributed by atoms with E-state index in [1.54, 1.807) is 12.1 Å². The third-order valence-corrected chi connectivity index (χ3v) is 6.45. The van der Waals surface area contributed by atoms with Crippen molar-refractivity contribution >= 4 is 33.2 Å². The molecular weight excluding hydrogens is 374 g/mol. The van der Waals surface area contributed by atoms with Crippen molar-refractivity contribution in [2.75, 3.05) is 18.5 Å². The Balaban J connectivity index is 1.79. The van der Waals surface area contributed by atoms with E-state index in [0.29, 0.717) is 18.8 Å². The predicted molar refractivity (Wildman–Crippen MR) is 102 cm³/mol. The zero-order valence-electron chi connectivity index (χ0n) is 14.1. The Morgan fingerprint density at radius 1 is 1.00 bits per heavy atom. The molecule has 26 heavy (non-hydrogen) atoms. The van der Waals surface area contributed by atoms with Crippen LogP contribution in [-0.2, 0) is 10.0 Å². The minimum absolute atomic E-state index is 0.0775. The van der Waals surface area contributed by atoms with Crippen molar-refractivity contribution in [3.8, 4) is 0 Å². The molecule has 0 aliphatic carbocycles. The van der Waals surface area contributed by atoms with E-state index in [4.69, 9.17) is 11.6 Å². The highest BCUT2D eigenvalue weighted by atomic mass is 35.5. The summed E-state index contributed by atoms with van der Waals surface area (Å²) in [5.41, 5.74) is 6.11. The first-order valence-corrected chi connectivity index (χ1v) is 10.2. The van der Waals surface area contributed by atoms with Crippen molar-refractivity contribution in [2.24, 2.45) is 0 Å². The molecule has 2 aromatic rings. The van der Waals surface area contributed by atoms with Gasteiger partial charge in [-0.15, -0.1) is 0 Å². The highest BCUT2D eigenvalue weighted by Gasteiger charge is 2.27. The molecule has 6 nitrogen and oxygen atoms in total. The Morgan fingerprint density at radius 2 is 1.69 bits per heavy atom. The highest BCUT2D eigenvalue weighted by Crippen LogP contribution is 2.25. The van der Waals surface area contributed by atoms with Gasteiger partial charge in [-0.2, -0.15) is 4.31 Å². The number of halogens is 1. The van der Waals surface area contributed by atoms with Crippen LogP contribution in [0.2, 0.25) is 5.02 Å². The third kappa shape index (κ3) is 4.17. The number of hydrogen-bond acceptors (Lipinski definition) is 4. The third-order valence-electron chi connectivity index (χ3n) is 4.23. The second kappa shape index (κ2) is 8.07. The number of para-hydroxylation sites is 1. The molecule has 1 heterocycles. The molecule has 0 bridgehead atoms. The van der Waals surface area contributed by atoms with Crippen LogP contribution in [-0.4, -0.2) is 31.7 Å². The van der Waals surface area contributed by atoms with Gasteiger partial charge in [0.15, 0.2) is 0 Å². The van der Waals surface area contributed by atoms with Gasteiger partial charge < -0.3 is 0 Å². The molecule has 3 rings (SSSR count). The summed E-state index contributed by atoms with van der Waals surface area (Å²) in [5.74, 6) is -0.505. The Labute approximate surface area is 158 Å². The molecule has 138 valence electrons. The lowest BCUT2D eigenvalue weighted by Gasteiger charge is -2.26. The first-order valence-electron chi connectivity index (χ1n) is 8.39. The first-order chi connectivity index (χ1) is 12.5. The van der Waals surface area contributed by atoms with Gasteiger partial charge in [-0.05, 0) is 43.2 Å². The van der Waals surface area contributed by atoms with E-state index in [1.165, 1.54) is 22.5 Å². The highest BCUT2D eigenvalue weighted by molar-refractivity contribution is 7.89. The van der Waals surface area contributed by atoms with Crippen molar-refractivity contribution in [1.29, 1.82) is 0 Å². The molecule has 0 atom stereocenters. The second-order valence-corrected chi connectivity index (χ2v) is 8.40. The summed E-state index contributed by atoms with van der Waals surface area (Å²) in [6.07, 6.45) is 2.73. The molecule has 2 N–H and O–H groups in total. The molecule has 1 aliphatic rings. The average molecular weight is 394 g/mol. The minimum Gasteiger partial charge on any atom is -0.298 e. The lowest BCUT2D eigenvalue weighted by atomic mass is 10.2. The molecular formula is C18H20ClN3O3S. The fourth-order valence-electron chi connectivity index (χ4n) is 2.81. The smallest absolute Gasteiger partial charge is 0.271 e. The van der Waals surface area contributed by atoms with Gasteiger partial charge in [0.25, 0.3) is 5.91 Å². The van der Waals surface area contributed by atoms with Crippen LogP contribution >= 0.6 is 11.6 Å². The van der Waals surface area contributed by atoms with Gasteiger partial charge in [0, 0.05) is 13.1 Å².